The van der Waals surface area contributed by atoms with Crippen molar-refractivity contribution in [3.05, 3.63) is 23.2 Å². The van der Waals surface area contributed by atoms with E-state index in [0.29, 0.717) is 17.9 Å². The van der Waals surface area contributed by atoms with E-state index >= 15 is 0 Å². The maximum Gasteiger partial charge on any atom is 0.341 e. The number of ether oxygens (including phenoxy) is 2. The fraction of sp³-hybridized carbons (Fsp3) is 0.643. The first-order chi connectivity index (χ1) is 9.60. The van der Waals surface area contributed by atoms with Crippen LogP contribution in [0.2, 0.25) is 0 Å². The summed E-state index contributed by atoms with van der Waals surface area (Å²) in [5.41, 5.74) is 0.484. The maximum absolute atomic E-state index is 11.5. The molecule has 0 spiro atoms. The summed E-state index contributed by atoms with van der Waals surface area (Å²) in [5, 5.41) is 3.29. The number of carbonyl (C=O) groups excluding carboxylic acids is 1. The third-order valence-electron chi connectivity index (χ3n) is 3.39. The number of hydrogen-bond acceptors (Lipinski definition) is 6. The fourth-order valence-electron chi connectivity index (χ4n) is 2.29. The van der Waals surface area contributed by atoms with Crippen LogP contribution in [0.4, 0.5) is 0 Å². The highest BCUT2D eigenvalue weighted by Crippen LogP contribution is 2.15. The van der Waals surface area contributed by atoms with Gasteiger partial charge in [0.2, 0.25) is 0 Å². The smallest absolute Gasteiger partial charge is 0.341 e. The van der Waals surface area contributed by atoms with Crippen molar-refractivity contribution in [1.29, 1.82) is 0 Å². The molecule has 0 saturated carbocycles. The van der Waals surface area contributed by atoms with E-state index in [1.807, 2.05) is 0 Å². The Morgan fingerprint density at radius 1 is 1.60 bits per heavy atom. The van der Waals surface area contributed by atoms with E-state index in [2.05, 4.69) is 17.3 Å². The minimum Gasteiger partial charge on any atom is -0.465 e. The number of morpholine rings is 1. The van der Waals surface area contributed by atoms with Crippen LogP contribution in [-0.4, -0.2) is 57.4 Å². The molecular formula is C14H22N2O4. The van der Waals surface area contributed by atoms with Gasteiger partial charge in [0.05, 0.1) is 26.4 Å². The molecule has 0 aliphatic carbocycles. The molecule has 0 radical (unpaired) electrons. The molecule has 1 N–H and O–H groups in total. The van der Waals surface area contributed by atoms with Gasteiger partial charge in [-0.2, -0.15) is 0 Å². The summed E-state index contributed by atoms with van der Waals surface area (Å²) >= 11 is 0. The van der Waals surface area contributed by atoms with E-state index in [1.165, 1.54) is 7.11 Å². The molecule has 20 heavy (non-hydrogen) atoms. The average molecular weight is 282 g/mol. The Morgan fingerprint density at radius 3 is 3.10 bits per heavy atom. The number of carbonyl (C=O) groups is 1. The molecule has 2 rings (SSSR count). The largest absolute Gasteiger partial charge is 0.465 e. The molecule has 1 atom stereocenters. The summed E-state index contributed by atoms with van der Waals surface area (Å²) in [7, 11) is 3.46. The Labute approximate surface area is 119 Å². The molecule has 0 aromatic carbocycles. The summed E-state index contributed by atoms with van der Waals surface area (Å²) in [4.78, 5) is 13.7. The van der Waals surface area contributed by atoms with Gasteiger partial charge in [0.15, 0.2) is 0 Å². The molecule has 1 aliphatic rings. The van der Waals surface area contributed by atoms with E-state index in [9.17, 15) is 4.79 Å². The van der Waals surface area contributed by atoms with Gasteiger partial charge in [0.25, 0.3) is 0 Å². The van der Waals surface area contributed by atoms with E-state index in [1.54, 1.807) is 13.0 Å². The van der Waals surface area contributed by atoms with Crippen LogP contribution in [0.1, 0.15) is 21.9 Å². The summed E-state index contributed by atoms with van der Waals surface area (Å²) in [5.74, 6) is 0.948. The lowest BCUT2D eigenvalue weighted by molar-refractivity contribution is -0.0183. The summed E-state index contributed by atoms with van der Waals surface area (Å²) in [6.45, 7) is 5.77. The zero-order chi connectivity index (χ0) is 14.5. The number of furan rings is 1. The number of methoxy groups -OCH3 is 1. The highest BCUT2D eigenvalue weighted by molar-refractivity contribution is 5.90. The first kappa shape index (κ1) is 15.0. The zero-order valence-corrected chi connectivity index (χ0v) is 12.3. The third kappa shape index (κ3) is 3.82. The van der Waals surface area contributed by atoms with Gasteiger partial charge in [0, 0.05) is 19.6 Å². The minimum atomic E-state index is -0.366. The minimum absolute atomic E-state index is 0.199. The lowest BCUT2D eigenvalue weighted by Crippen LogP contribution is -2.44. The number of rotatable bonds is 5. The fourth-order valence-corrected chi connectivity index (χ4v) is 2.29. The predicted octanol–water partition coefficient (Wildman–Crippen LogP) is 0.795. The Balaban J connectivity index is 1.81. The van der Waals surface area contributed by atoms with Crippen molar-refractivity contribution in [2.24, 2.45) is 0 Å². The van der Waals surface area contributed by atoms with Gasteiger partial charge in [-0.05, 0) is 20.0 Å². The second-order valence-electron chi connectivity index (χ2n) is 5.06. The SMILES string of the molecule is COC(=O)c1cc(CNCC2CN(C)CCO2)oc1C. The number of nitrogens with one attached hydrogen (secondary N) is 1. The predicted molar refractivity (Wildman–Crippen MR) is 73.7 cm³/mol. The average Bonchev–Trinajstić information content (AvgIpc) is 2.79. The Hall–Kier alpha value is -1.37. The normalized spacial score (nSPS) is 20.1. The summed E-state index contributed by atoms with van der Waals surface area (Å²) < 4.78 is 15.9. The lowest BCUT2D eigenvalue weighted by Gasteiger charge is -2.30. The molecule has 1 unspecified atom stereocenters. The van der Waals surface area contributed by atoms with Crippen molar-refractivity contribution < 1.29 is 18.7 Å². The van der Waals surface area contributed by atoms with Gasteiger partial charge in [-0.3, -0.25) is 0 Å². The Kier molecular flexibility index (Phi) is 5.17. The molecule has 0 bridgehead atoms. The van der Waals surface area contributed by atoms with E-state index in [4.69, 9.17) is 13.9 Å². The van der Waals surface area contributed by atoms with Crippen LogP contribution in [0.15, 0.2) is 10.5 Å². The number of esters is 1. The van der Waals surface area contributed by atoms with E-state index in [0.717, 1.165) is 32.0 Å². The molecule has 1 aromatic rings. The Morgan fingerprint density at radius 2 is 2.40 bits per heavy atom. The highest BCUT2D eigenvalue weighted by Gasteiger charge is 2.18. The van der Waals surface area contributed by atoms with Crippen LogP contribution in [-0.2, 0) is 16.0 Å². The first-order valence-corrected chi connectivity index (χ1v) is 6.78. The summed E-state index contributed by atoms with van der Waals surface area (Å²) in [6, 6.07) is 1.72. The highest BCUT2D eigenvalue weighted by atomic mass is 16.5. The molecule has 6 heteroatoms. The molecule has 1 aromatic heterocycles. The first-order valence-electron chi connectivity index (χ1n) is 6.78. The molecular weight excluding hydrogens is 260 g/mol. The molecule has 1 saturated heterocycles. The van der Waals surface area contributed by atoms with E-state index < -0.39 is 0 Å². The van der Waals surface area contributed by atoms with Crippen molar-refractivity contribution in [3.63, 3.8) is 0 Å². The van der Waals surface area contributed by atoms with Crippen molar-refractivity contribution in [2.75, 3.05) is 40.4 Å². The van der Waals surface area contributed by atoms with Crippen LogP contribution < -0.4 is 5.32 Å². The van der Waals surface area contributed by atoms with E-state index in [-0.39, 0.29) is 12.1 Å². The molecule has 6 nitrogen and oxygen atoms in total. The van der Waals surface area contributed by atoms with Crippen LogP contribution in [0.25, 0.3) is 0 Å². The van der Waals surface area contributed by atoms with Crippen molar-refractivity contribution in [3.8, 4) is 0 Å². The van der Waals surface area contributed by atoms with Gasteiger partial charge in [-0.25, -0.2) is 4.79 Å². The number of likely N-dealkylation sites (N-methyl/N-ethyl adjacent to an activating group) is 1. The topological polar surface area (TPSA) is 63.9 Å². The monoisotopic (exact) mass is 282 g/mol. The third-order valence-corrected chi connectivity index (χ3v) is 3.39. The number of nitrogens with zero attached hydrogens (tertiary/aromatic N) is 1. The molecule has 2 heterocycles. The van der Waals surface area contributed by atoms with Crippen molar-refractivity contribution in [2.45, 2.75) is 19.6 Å². The van der Waals surface area contributed by atoms with Gasteiger partial charge in [0.1, 0.15) is 17.1 Å². The molecule has 1 aliphatic heterocycles. The zero-order valence-electron chi connectivity index (χ0n) is 12.3. The van der Waals surface area contributed by atoms with Gasteiger partial charge < -0.3 is 24.1 Å². The number of hydrogen-bond donors (Lipinski definition) is 1. The second kappa shape index (κ2) is 6.88. The lowest BCUT2D eigenvalue weighted by atomic mass is 10.2. The second-order valence-corrected chi connectivity index (χ2v) is 5.06. The molecule has 1 fully saturated rings. The van der Waals surface area contributed by atoms with Gasteiger partial charge in [-0.15, -0.1) is 0 Å². The maximum atomic E-state index is 11.5. The van der Waals surface area contributed by atoms with Crippen LogP contribution in [0.3, 0.4) is 0 Å². The van der Waals surface area contributed by atoms with Crippen LogP contribution >= 0.6 is 0 Å². The Bertz CT molecular complexity index is 458. The van der Waals surface area contributed by atoms with Crippen LogP contribution in [0, 0.1) is 6.92 Å². The van der Waals surface area contributed by atoms with Gasteiger partial charge in [-0.1, -0.05) is 0 Å². The molecule has 112 valence electrons. The van der Waals surface area contributed by atoms with Crippen molar-refractivity contribution in [1.82, 2.24) is 10.2 Å². The molecule has 0 amide bonds. The quantitative estimate of drug-likeness (QED) is 0.806. The standard InChI is InChI=1S/C14H22N2O4/c1-10-13(14(17)18-3)6-11(20-10)7-15-8-12-9-16(2)4-5-19-12/h6,12,15H,4-5,7-9H2,1-3H3. The van der Waals surface area contributed by atoms with Gasteiger partial charge >= 0.3 is 5.97 Å². The number of aryl methyl sites for hydroxylation is 1. The van der Waals surface area contributed by atoms with Crippen LogP contribution in [0.5, 0.6) is 0 Å². The summed E-state index contributed by atoms with van der Waals surface area (Å²) in [6.07, 6.45) is 0.199. The van der Waals surface area contributed by atoms with Crippen molar-refractivity contribution >= 4 is 5.97 Å².